The van der Waals surface area contributed by atoms with E-state index in [2.05, 4.69) is 11.2 Å². The summed E-state index contributed by atoms with van der Waals surface area (Å²) in [5.41, 5.74) is 1.71. The molecule has 0 saturated carbocycles. The molecule has 0 bridgehead atoms. The predicted molar refractivity (Wildman–Crippen MR) is 56.9 cm³/mol. The fourth-order valence-corrected chi connectivity index (χ4v) is 1.11. The molecule has 2 heteroatoms. The van der Waals surface area contributed by atoms with Crippen LogP contribution in [0.1, 0.15) is 22.8 Å². The number of nitrogens with one attached hydrogen (secondary N) is 1. The topological polar surface area (TPSA) is 29.1 Å². The largest absolute Gasteiger partial charge is 0.339 e. The number of carbonyl (C=O) groups is 1. The molecule has 1 unspecified atom stereocenters. The van der Waals surface area contributed by atoms with E-state index in [9.17, 15) is 4.79 Å². The van der Waals surface area contributed by atoms with E-state index in [-0.39, 0.29) is 11.9 Å². The average molecular weight is 187 g/mol. The number of aryl methyl sites for hydroxylation is 1. The number of hydrogen-bond donors (Lipinski definition) is 1. The first-order valence-electron chi connectivity index (χ1n) is 4.47. The zero-order valence-electron chi connectivity index (χ0n) is 8.37. The minimum absolute atomic E-state index is 0.126. The Balaban J connectivity index is 2.76. The van der Waals surface area contributed by atoms with Gasteiger partial charge < -0.3 is 5.32 Å². The summed E-state index contributed by atoms with van der Waals surface area (Å²) in [4.78, 5) is 11.6. The smallest absolute Gasteiger partial charge is 0.252 e. The maximum Gasteiger partial charge on any atom is 0.252 e. The molecule has 0 aliphatic heterocycles. The first kappa shape index (κ1) is 10.3. The molecule has 2 nitrogen and oxygen atoms in total. The van der Waals surface area contributed by atoms with Gasteiger partial charge in [0.15, 0.2) is 0 Å². The van der Waals surface area contributed by atoms with Gasteiger partial charge in [-0.3, -0.25) is 4.79 Å². The van der Waals surface area contributed by atoms with Gasteiger partial charge in [0, 0.05) is 5.56 Å². The monoisotopic (exact) mass is 187 g/mol. The van der Waals surface area contributed by atoms with E-state index in [0.717, 1.165) is 5.56 Å². The van der Waals surface area contributed by atoms with E-state index in [4.69, 9.17) is 6.42 Å². The molecule has 1 atom stereocenters. The van der Waals surface area contributed by atoms with Crippen LogP contribution < -0.4 is 5.32 Å². The minimum Gasteiger partial charge on any atom is -0.339 e. The summed E-state index contributed by atoms with van der Waals surface area (Å²) in [5, 5.41) is 2.70. The summed E-state index contributed by atoms with van der Waals surface area (Å²) in [6, 6.07) is 7.17. The van der Waals surface area contributed by atoms with Crippen molar-refractivity contribution in [2.75, 3.05) is 0 Å². The van der Waals surface area contributed by atoms with Crippen LogP contribution in [0.4, 0.5) is 0 Å². The van der Waals surface area contributed by atoms with Crippen LogP contribution in [0.3, 0.4) is 0 Å². The predicted octanol–water partition coefficient (Wildman–Crippen LogP) is 1.75. The van der Waals surface area contributed by atoms with Gasteiger partial charge in [-0.05, 0) is 26.0 Å². The van der Waals surface area contributed by atoms with Crippen LogP contribution in [-0.4, -0.2) is 11.9 Å². The third kappa shape index (κ3) is 2.63. The first-order chi connectivity index (χ1) is 6.63. The first-order valence-corrected chi connectivity index (χ1v) is 4.47. The second-order valence-corrected chi connectivity index (χ2v) is 3.23. The zero-order chi connectivity index (χ0) is 10.6. The molecule has 1 N–H and O–H groups in total. The molecule has 1 aromatic rings. The van der Waals surface area contributed by atoms with E-state index in [1.807, 2.05) is 25.1 Å². The molecule has 0 heterocycles. The van der Waals surface area contributed by atoms with Crippen molar-refractivity contribution in [3.05, 3.63) is 35.4 Å². The van der Waals surface area contributed by atoms with Gasteiger partial charge in [0.1, 0.15) is 0 Å². The lowest BCUT2D eigenvalue weighted by molar-refractivity contribution is 0.0948. The Morgan fingerprint density at radius 1 is 1.57 bits per heavy atom. The Labute approximate surface area is 84.3 Å². The number of benzene rings is 1. The van der Waals surface area contributed by atoms with Crippen molar-refractivity contribution in [1.29, 1.82) is 0 Å². The third-order valence-corrected chi connectivity index (χ3v) is 1.88. The molecule has 1 rings (SSSR count). The Kier molecular flexibility index (Phi) is 3.30. The summed E-state index contributed by atoms with van der Waals surface area (Å²) in [6.07, 6.45) is 5.16. The van der Waals surface area contributed by atoms with E-state index < -0.39 is 0 Å². The number of amides is 1. The summed E-state index contributed by atoms with van der Waals surface area (Å²) < 4.78 is 0. The van der Waals surface area contributed by atoms with Gasteiger partial charge in [0.05, 0.1) is 6.04 Å². The van der Waals surface area contributed by atoms with Crippen molar-refractivity contribution >= 4 is 5.91 Å². The number of terminal acetylenes is 1. The quantitative estimate of drug-likeness (QED) is 0.702. The van der Waals surface area contributed by atoms with Crippen molar-refractivity contribution < 1.29 is 4.79 Å². The molecule has 0 aliphatic carbocycles. The maximum absolute atomic E-state index is 11.6. The highest BCUT2D eigenvalue weighted by Gasteiger charge is 2.06. The summed E-state index contributed by atoms with van der Waals surface area (Å²) >= 11 is 0. The van der Waals surface area contributed by atoms with E-state index in [0.29, 0.717) is 5.56 Å². The van der Waals surface area contributed by atoms with Crippen LogP contribution in [0.5, 0.6) is 0 Å². The van der Waals surface area contributed by atoms with Gasteiger partial charge in [0.25, 0.3) is 5.91 Å². The molecule has 0 saturated heterocycles. The van der Waals surface area contributed by atoms with Crippen LogP contribution in [0, 0.1) is 19.3 Å². The zero-order valence-corrected chi connectivity index (χ0v) is 8.37. The average Bonchev–Trinajstić information content (AvgIpc) is 2.17. The lowest BCUT2D eigenvalue weighted by atomic mass is 10.1. The van der Waals surface area contributed by atoms with Gasteiger partial charge >= 0.3 is 0 Å². The fourth-order valence-electron chi connectivity index (χ4n) is 1.11. The van der Waals surface area contributed by atoms with Crippen molar-refractivity contribution in [1.82, 2.24) is 5.32 Å². The Morgan fingerprint density at radius 2 is 2.29 bits per heavy atom. The Hall–Kier alpha value is -1.75. The highest BCUT2D eigenvalue weighted by atomic mass is 16.1. The molecule has 0 radical (unpaired) electrons. The SMILES string of the molecule is C#CC(C)NC(=O)c1cccc(C)c1. The van der Waals surface area contributed by atoms with Crippen LogP contribution in [0.2, 0.25) is 0 Å². The molecule has 0 aliphatic rings. The second kappa shape index (κ2) is 4.48. The number of rotatable bonds is 2. The maximum atomic E-state index is 11.6. The second-order valence-electron chi connectivity index (χ2n) is 3.23. The van der Waals surface area contributed by atoms with Gasteiger partial charge in [-0.15, -0.1) is 6.42 Å². The summed E-state index contributed by atoms with van der Waals surface area (Å²) in [6.45, 7) is 3.72. The van der Waals surface area contributed by atoms with Gasteiger partial charge in [0.2, 0.25) is 0 Å². The highest BCUT2D eigenvalue weighted by molar-refractivity contribution is 5.94. The van der Waals surface area contributed by atoms with Gasteiger partial charge in [-0.25, -0.2) is 0 Å². The lowest BCUT2D eigenvalue weighted by Gasteiger charge is -2.07. The van der Waals surface area contributed by atoms with Crippen molar-refractivity contribution in [3.8, 4) is 12.3 Å². The molecule has 14 heavy (non-hydrogen) atoms. The van der Waals surface area contributed by atoms with E-state index in [1.165, 1.54) is 0 Å². The molecular weight excluding hydrogens is 174 g/mol. The molecule has 0 aromatic heterocycles. The number of hydrogen-bond acceptors (Lipinski definition) is 1. The molecule has 72 valence electrons. The summed E-state index contributed by atoms with van der Waals surface area (Å²) in [5.74, 6) is 2.32. The highest BCUT2D eigenvalue weighted by Crippen LogP contribution is 2.03. The van der Waals surface area contributed by atoms with E-state index >= 15 is 0 Å². The van der Waals surface area contributed by atoms with Crippen molar-refractivity contribution in [2.24, 2.45) is 0 Å². The van der Waals surface area contributed by atoms with Crippen LogP contribution >= 0.6 is 0 Å². The lowest BCUT2D eigenvalue weighted by Crippen LogP contribution is -2.31. The van der Waals surface area contributed by atoms with Crippen LogP contribution in [0.15, 0.2) is 24.3 Å². The number of carbonyl (C=O) groups excluding carboxylic acids is 1. The Morgan fingerprint density at radius 3 is 2.86 bits per heavy atom. The van der Waals surface area contributed by atoms with Gasteiger partial charge in [-0.1, -0.05) is 23.6 Å². The molecule has 0 spiro atoms. The standard InChI is InChI=1S/C12H13NO/c1-4-10(3)13-12(14)11-7-5-6-9(2)8-11/h1,5-8,10H,2-3H3,(H,13,14). The van der Waals surface area contributed by atoms with Crippen molar-refractivity contribution in [2.45, 2.75) is 19.9 Å². The normalized spacial score (nSPS) is 11.5. The molecular formula is C12H13NO. The molecule has 1 amide bonds. The van der Waals surface area contributed by atoms with Crippen LogP contribution in [0.25, 0.3) is 0 Å². The fraction of sp³-hybridized carbons (Fsp3) is 0.250. The minimum atomic E-state index is -0.233. The van der Waals surface area contributed by atoms with Crippen molar-refractivity contribution in [3.63, 3.8) is 0 Å². The molecule has 1 aromatic carbocycles. The third-order valence-electron chi connectivity index (χ3n) is 1.88. The van der Waals surface area contributed by atoms with Crippen LogP contribution in [-0.2, 0) is 0 Å². The summed E-state index contributed by atoms with van der Waals surface area (Å²) in [7, 11) is 0. The Bertz CT molecular complexity index is 376. The molecule has 0 fully saturated rings. The van der Waals surface area contributed by atoms with E-state index in [1.54, 1.807) is 13.0 Å². The van der Waals surface area contributed by atoms with Gasteiger partial charge in [-0.2, -0.15) is 0 Å².